The fraction of sp³-hybridized carbons (Fsp3) is 0.727. The normalized spacial score (nSPS) is 10.0. The smallest absolute Gasteiger partial charge is 0.313 e. The van der Waals surface area contributed by atoms with Crippen LogP contribution in [-0.2, 0) is 33.8 Å². The van der Waals surface area contributed by atoms with Crippen LogP contribution in [0.1, 0.15) is 103 Å². The maximum Gasteiger partial charge on any atom is 0.313 e. The Bertz CT molecular complexity index is 332. The van der Waals surface area contributed by atoms with Crippen LogP contribution in [0.25, 0.3) is 0 Å². The molecule has 26 heavy (non-hydrogen) atoms. The van der Waals surface area contributed by atoms with Crippen LogP contribution in [0.5, 0.6) is 0 Å². The van der Waals surface area contributed by atoms with Gasteiger partial charge in [-0.15, -0.1) is 13.2 Å². The van der Waals surface area contributed by atoms with E-state index < -0.39 is 0 Å². The van der Waals surface area contributed by atoms with E-state index in [1.54, 1.807) is 0 Å². The van der Waals surface area contributed by atoms with E-state index in [4.69, 9.17) is 4.74 Å². The maximum atomic E-state index is 11.6. The molecule has 0 amide bonds. The Labute approximate surface area is 173 Å². The van der Waals surface area contributed by atoms with Gasteiger partial charge in [-0.25, -0.2) is 0 Å². The third kappa shape index (κ3) is 21.3. The van der Waals surface area contributed by atoms with Crippen LogP contribution in [0.2, 0.25) is 0 Å². The summed E-state index contributed by atoms with van der Waals surface area (Å²) in [5, 5.41) is 0. The van der Waals surface area contributed by atoms with Gasteiger partial charge in [-0.05, 0) is 38.5 Å². The van der Waals surface area contributed by atoms with Gasteiger partial charge in [0.1, 0.15) is 0 Å². The van der Waals surface area contributed by atoms with Gasteiger partial charge in [-0.2, -0.15) is 0 Å². The molecule has 4 heteroatoms. The van der Waals surface area contributed by atoms with Crippen molar-refractivity contribution in [2.75, 3.05) is 0 Å². The van der Waals surface area contributed by atoms with E-state index in [-0.39, 0.29) is 31.4 Å². The first kappa shape index (κ1) is 27.5. The maximum absolute atomic E-state index is 11.6. The average molecular weight is 416 g/mol. The van der Waals surface area contributed by atoms with E-state index in [1.165, 1.54) is 38.5 Å². The molecule has 0 aliphatic rings. The minimum atomic E-state index is -0.360. The molecule has 3 nitrogen and oxygen atoms in total. The average Bonchev–Trinajstić information content (AvgIpc) is 2.59. The van der Waals surface area contributed by atoms with Crippen molar-refractivity contribution in [3.8, 4) is 0 Å². The molecular weight excluding hydrogens is 378 g/mol. The number of ether oxygens (including phenoxy) is 1. The quantitative estimate of drug-likeness (QED) is 0.0825. The summed E-state index contributed by atoms with van der Waals surface area (Å²) in [5.74, 6) is -0.720. The predicted molar refractivity (Wildman–Crippen MR) is 105 cm³/mol. The molecule has 0 radical (unpaired) electrons. The molecule has 146 valence electrons. The van der Waals surface area contributed by atoms with Crippen molar-refractivity contribution in [3.63, 3.8) is 0 Å². The van der Waals surface area contributed by atoms with Gasteiger partial charge in [0.15, 0.2) is 0 Å². The van der Waals surface area contributed by atoms with Crippen molar-refractivity contribution >= 4 is 11.9 Å². The van der Waals surface area contributed by atoms with Crippen molar-refractivity contribution in [2.45, 2.75) is 103 Å². The molecule has 0 aromatic heterocycles. The van der Waals surface area contributed by atoms with E-state index >= 15 is 0 Å². The zero-order valence-corrected chi connectivity index (χ0v) is 19.8. The van der Waals surface area contributed by atoms with Crippen LogP contribution < -0.4 is 0 Å². The molecule has 0 saturated heterocycles. The number of esters is 2. The summed E-state index contributed by atoms with van der Waals surface area (Å²) in [7, 11) is 0. The molecule has 0 heterocycles. The van der Waals surface area contributed by atoms with Crippen LogP contribution in [0.15, 0.2) is 25.3 Å². The van der Waals surface area contributed by atoms with E-state index in [1.807, 2.05) is 12.2 Å². The predicted octanol–water partition coefficient (Wildman–Crippen LogP) is 6.67. The summed E-state index contributed by atoms with van der Waals surface area (Å²) in [6.45, 7) is 7.42. The van der Waals surface area contributed by atoms with Crippen LogP contribution in [0.4, 0.5) is 0 Å². The fourth-order valence-electron chi connectivity index (χ4n) is 2.76. The Morgan fingerprint density at radius 1 is 0.577 bits per heavy atom. The second kappa shape index (κ2) is 22.3. The summed E-state index contributed by atoms with van der Waals surface area (Å²) in [5.41, 5.74) is 0. The number of allylic oxidation sites excluding steroid dienone is 2. The summed E-state index contributed by atoms with van der Waals surface area (Å²) < 4.78 is 4.87. The number of rotatable bonds is 18. The Balaban J connectivity index is 0. The van der Waals surface area contributed by atoms with Crippen molar-refractivity contribution in [3.05, 3.63) is 25.3 Å². The van der Waals surface area contributed by atoms with E-state index in [0.717, 1.165) is 51.4 Å². The van der Waals surface area contributed by atoms with Crippen molar-refractivity contribution in [2.24, 2.45) is 0 Å². The minimum absolute atomic E-state index is 0. The third-order valence-electron chi connectivity index (χ3n) is 4.31. The van der Waals surface area contributed by atoms with Gasteiger partial charge in [0, 0.05) is 32.3 Å². The standard InChI is InChI=1S/C22H38O3.Zn/c1-3-5-7-9-11-13-15-17-19-21(23)25-22(24)20-18-16-14-12-10-8-6-4-2;/h3-4H,1-2,5-20H2;. The molecule has 0 bridgehead atoms. The van der Waals surface area contributed by atoms with Gasteiger partial charge < -0.3 is 4.74 Å². The van der Waals surface area contributed by atoms with Crippen molar-refractivity contribution in [1.29, 1.82) is 0 Å². The zero-order valence-electron chi connectivity index (χ0n) is 16.8. The summed E-state index contributed by atoms with van der Waals surface area (Å²) in [4.78, 5) is 23.2. The van der Waals surface area contributed by atoms with Gasteiger partial charge >= 0.3 is 11.9 Å². The second-order valence-corrected chi connectivity index (χ2v) is 6.74. The van der Waals surface area contributed by atoms with E-state index in [0.29, 0.717) is 12.8 Å². The third-order valence-corrected chi connectivity index (χ3v) is 4.31. The number of hydrogen-bond acceptors (Lipinski definition) is 3. The monoisotopic (exact) mass is 414 g/mol. The molecule has 0 atom stereocenters. The SMILES string of the molecule is C=CCCCCCCCCC(=O)OC(=O)CCCCCCCCC=C.[Zn]. The summed E-state index contributed by atoms with van der Waals surface area (Å²) in [6, 6.07) is 0. The Hall–Kier alpha value is -0.757. The second-order valence-electron chi connectivity index (χ2n) is 6.74. The molecule has 0 aromatic rings. The first-order chi connectivity index (χ1) is 12.2. The van der Waals surface area contributed by atoms with E-state index in [2.05, 4.69) is 13.2 Å². The van der Waals surface area contributed by atoms with E-state index in [9.17, 15) is 9.59 Å². The van der Waals surface area contributed by atoms with Gasteiger partial charge in [0.2, 0.25) is 0 Å². The number of carbonyl (C=O) groups is 2. The molecule has 0 unspecified atom stereocenters. The Kier molecular flexibility index (Phi) is 23.5. The topological polar surface area (TPSA) is 43.4 Å². The molecule has 0 rings (SSSR count). The molecule has 0 N–H and O–H groups in total. The van der Waals surface area contributed by atoms with Gasteiger partial charge in [0.25, 0.3) is 0 Å². The van der Waals surface area contributed by atoms with Gasteiger partial charge in [-0.3, -0.25) is 9.59 Å². The Morgan fingerprint density at radius 2 is 0.885 bits per heavy atom. The molecular formula is C22H38O3Zn. The number of carbonyl (C=O) groups excluding carboxylic acids is 2. The molecule has 0 spiro atoms. The van der Waals surface area contributed by atoms with Crippen molar-refractivity contribution in [1.82, 2.24) is 0 Å². The van der Waals surface area contributed by atoms with Gasteiger partial charge in [0.05, 0.1) is 0 Å². The molecule has 0 aromatic carbocycles. The van der Waals surface area contributed by atoms with Crippen molar-refractivity contribution < 1.29 is 33.8 Å². The first-order valence-corrected chi connectivity index (χ1v) is 10.2. The summed E-state index contributed by atoms with van der Waals surface area (Å²) >= 11 is 0. The Morgan fingerprint density at radius 3 is 1.23 bits per heavy atom. The van der Waals surface area contributed by atoms with Crippen LogP contribution in [0, 0.1) is 0 Å². The zero-order chi connectivity index (χ0) is 18.6. The molecule has 0 aliphatic carbocycles. The molecule has 0 saturated carbocycles. The molecule has 0 fully saturated rings. The first-order valence-electron chi connectivity index (χ1n) is 10.2. The largest absolute Gasteiger partial charge is 0.393 e. The van der Waals surface area contributed by atoms with Crippen LogP contribution in [-0.4, -0.2) is 11.9 Å². The van der Waals surface area contributed by atoms with Crippen LogP contribution >= 0.6 is 0 Å². The summed E-state index contributed by atoms with van der Waals surface area (Å²) in [6.07, 6.45) is 20.1. The molecule has 0 aliphatic heterocycles. The van der Waals surface area contributed by atoms with Gasteiger partial charge in [-0.1, -0.05) is 63.5 Å². The minimum Gasteiger partial charge on any atom is -0.393 e. The van der Waals surface area contributed by atoms with Crippen LogP contribution in [0.3, 0.4) is 0 Å². The number of unbranched alkanes of at least 4 members (excludes halogenated alkanes) is 12. The number of hydrogen-bond donors (Lipinski definition) is 0. The fourth-order valence-corrected chi connectivity index (χ4v) is 2.76.